The Morgan fingerprint density at radius 1 is 1.50 bits per heavy atom. The predicted octanol–water partition coefficient (Wildman–Crippen LogP) is 3.53. The third kappa shape index (κ3) is 4.32. The van der Waals surface area contributed by atoms with Crippen LogP contribution < -0.4 is 5.32 Å². The number of hydrogen-bond donors (Lipinski definition) is 1. The molecule has 4 heteroatoms. The zero-order valence-corrected chi connectivity index (χ0v) is 11.6. The molecule has 16 heavy (non-hydrogen) atoms. The van der Waals surface area contributed by atoms with Gasteiger partial charge in [-0.3, -0.25) is 0 Å². The van der Waals surface area contributed by atoms with Crippen molar-refractivity contribution in [1.82, 2.24) is 10.3 Å². The van der Waals surface area contributed by atoms with Crippen molar-refractivity contribution in [3.63, 3.8) is 0 Å². The number of rotatable bonds is 6. The number of aromatic nitrogens is 1. The fourth-order valence-corrected chi connectivity index (χ4v) is 2.55. The van der Waals surface area contributed by atoms with E-state index >= 15 is 0 Å². The number of halogens is 1. The van der Waals surface area contributed by atoms with Gasteiger partial charge in [0.05, 0.1) is 0 Å². The van der Waals surface area contributed by atoms with E-state index < -0.39 is 0 Å². The Labute approximate surface area is 107 Å². The summed E-state index contributed by atoms with van der Waals surface area (Å²) in [4.78, 5) is 4.09. The SMILES string of the molecule is CCSCC(C)NC(C)c1cccnc1Cl. The van der Waals surface area contributed by atoms with Crippen LogP contribution in [0.3, 0.4) is 0 Å². The van der Waals surface area contributed by atoms with Gasteiger partial charge in [-0.25, -0.2) is 4.98 Å². The molecular formula is C12H19ClN2S. The van der Waals surface area contributed by atoms with E-state index in [1.54, 1.807) is 6.20 Å². The highest BCUT2D eigenvalue weighted by Crippen LogP contribution is 2.20. The smallest absolute Gasteiger partial charge is 0.133 e. The minimum atomic E-state index is 0.244. The first-order valence-electron chi connectivity index (χ1n) is 5.59. The van der Waals surface area contributed by atoms with Gasteiger partial charge in [-0.05, 0) is 25.7 Å². The lowest BCUT2D eigenvalue weighted by Crippen LogP contribution is -2.31. The van der Waals surface area contributed by atoms with Gasteiger partial charge in [0.2, 0.25) is 0 Å². The van der Waals surface area contributed by atoms with E-state index in [-0.39, 0.29) is 6.04 Å². The first-order valence-corrected chi connectivity index (χ1v) is 7.12. The molecule has 2 atom stereocenters. The molecule has 0 spiro atoms. The van der Waals surface area contributed by atoms with Gasteiger partial charge < -0.3 is 5.32 Å². The van der Waals surface area contributed by atoms with E-state index in [0.29, 0.717) is 11.2 Å². The minimum Gasteiger partial charge on any atom is -0.307 e. The van der Waals surface area contributed by atoms with Crippen LogP contribution in [-0.2, 0) is 0 Å². The summed E-state index contributed by atoms with van der Waals surface area (Å²) >= 11 is 8.00. The molecule has 90 valence electrons. The van der Waals surface area contributed by atoms with E-state index in [1.165, 1.54) is 0 Å². The van der Waals surface area contributed by atoms with Crippen LogP contribution in [0.15, 0.2) is 18.3 Å². The van der Waals surface area contributed by atoms with Crippen molar-refractivity contribution in [2.24, 2.45) is 0 Å². The maximum Gasteiger partial charge on any atom is 0.133 e. The second-order valence-corrected chi connectivity index (χ2v) is 5.51. The highest BCUT2D eigenvalue weighted by Gasteiger charge is 2.12. The lowest BCUT2D eigenvalue weighted by molar-refractivity contribution is 0.510. The fraction of sp³-hybridized carbons (Fsp3) is 0.583. The summed E-state index contributed by atoms with van der Waals surface area (Å²) in [6, 6.07) is 4.67. The molecule has 1 aromatic heterocycles. The summed E-state index contributed by atoms with van der Waals surface area (Å²) in [5, 5.41) is 4.12. The van der Waals surface area contributed by atoms with Crippen LogP contribution in [0.4, 0.5) is 0 Å². The van der Waals surface area contributed by atoms with E-state index in [2.05, 4.69) is 31.1 Å². The molecular weight excluding hydrogens is 240 g/mol. The number of pyridine rings is 1. The lowest BCUT2D eigenvalue weighted by atomic mass is 10.1. The molecule has 0 fully saturated rings. The molecule has 1 aromatic rings. The van der Waals surface area contributed by atoms with Gasteiger partial charge in [0.15, 0.2) is 0 Å². The largest absolute Gasteiger partial charge is 0.307 e. The van der Waals surface area contributed by atoms with Gasteiger partial charge in [-0.15, -0.1) is 0 Å². The third-order valence-electron chi connectivity index (χ3n) is 2.36. The number of nitrogens with zero attached hydrogens (tertiary/aromatic N) is 1. The van der Waals surface area contributed by atoms with Gasteiger partial charge in [-0.1, -0.05) is 24.6 Å². The van der Waals surface area contributed by atoms with Crippen LogP contribution >= 0.6 is 23.4 Å². The Morgan fingerprint density at radius 3 is 2.88 bits per heavy atom. The quantitative estimate of drug-likeness (QED) is 0.791. The second-order valence-electron chi connectivity index (χ2n) is 3.83. The summed E-state index contributed by atoms with van der Waals surface area (Å²) in [6.45, 7) is 6.50. The Bertz CT molecular complexity index is 320. The molecule has 1 rings (SSSR count). The Morgan fingerprint density at radius 2 is 2.25 bits per heavy atom. The second kappa shape index (κ2) is 7.15. The summed E-state index contributed by atoms with van der Waals surface area (Å²) in [6.07, 6.45) is 1.72. The summed E-state index contributed by atoms with van der Waals surface area (Å²) in [5.74, 6) is 2.28. The monoisotopic (exact) mass is 258 g/mol. The maximum absolute atomic E-state index is 6.05. The van der Waals surface area contributed by atoms with Crippen LogP contribution in [0.5, 0.6) is 0 Å². The zero-order chi connectivity index (χ0) is 12.0. The third-order valence-corrected chi connectivity index (χ3v) is 3.82. The number of hydrogen-bond acceptors (Lipinski definition) is 3. The first kappa shape index (κ1) is 13.8. The molecule has 1 heterocycles. The van der Waals surface area contributed by atoms with Crippen molar-refractivity contribution in [1.29, 1.82) is 0 Å². The Hall–Kier alpha value is -0.250. The van der Waals surface area contributed by atoms with Gasteiger partial charge in [0.25, 0.3) is 0 Å². The van der Waals surface area contributed by atoms with E-state index in [1.807, 2.05) is 23.9 Å². The average molecular weight is 259 g/mol. The summed E-state index contributed by atoms with van der Waals surface area (Å²) in [5.41, 5.74) is 1.07. The van der Waals surface area contributed by atoms with Crippen molar-refractivity contribution in [3.8, 4) is 0 Å². The van der Waals surface area contributed by atoms with Crippen LogP contribution in [-0.4, -0.2) is 22.5 Å². The molecule has 1 N–H and O–H groups in total. The highest BCUT2D eigenvalue weighted by molar-refractivity contribution is 7.99. The highest BCUT2D eigenvalue weighted by atomic mass is 35.5. The number of nitrogens with one attached hydrogen (secondary N) is 1. The molecule has 2 nitrogen and oxygen atoms in total. The molecule has 0 bridgehead atoms. The Kier molecular flexibility index (Phi) is 6.17. The standard InChI is InChI=1S/C12H19ClN2S/c1-4-16-8-9(2)15-10(3)11-6-5-7-14-12(11)13/h5-7,9-10,15H,4,8H2,1-3H3. The Balaban J connectivity index is 2.52. The molecule has 0 aromatic carbocycles. The van der Waals surface area contributed by atoms with Crippen molar-refractivity contribution < 1.29 is 0 Å². The maximum atomic E-state index is 6.05. The molecule has 0 saturated carbocycles. The fourth-order valence-electron chi connectivity index (χ4n) is 1.58. The predicted molar refractivity (Wildman–Crippen MR) is 73.3 cm³/mol. The lowest BCUT2D eigenvalue weighted by Gasteiger charge is -2.20. The van der Waals surface area contributed by atoms with Crippen molar-refractivity contribution in [2.45, 2.75) is 32.9 Å². The summed E-state index contributed by atoms with van der Waals surface area (Å²) in [7, 11) is 0. The zero-order valence-electron chi connectivity index (χ0n) is 10.0. The van der Waals surface area contributed by atoms with Crippen LogP contribution in [0.25, 0.3) is 0 Å². The topological polar surface area (TPSA) is 24.9 Å². The van der Waals surface area contributed by atoms with E-state index in [4.69, 9.17) is 11.6 Å². The number of thioether (sulfide) groups is 1. The van der Waals surface area contributed by atoms with Gasteiger partial charge in [-0.2, -0.15) is 11.8 Å². The molecule has 0 aliphatic carbocycles. The molecule has 0 amide bonds. The van der Waals surface area contributed by atoms with Crippen molar-refractivity contribution >= 4 is 23.4 Å². The van der Waals surface area contributed by atoms with Crippen LogP contribution in [0.1, 0.15) is 32.4 Å². The van der Waals surface area contributed by atoms with Crippen LogP contribution in [0.2, 0.25) is 5.15 Å². The molecule has 2 unspecified atom stereocenters. The summed E-state index contributed by atoms with van der Waals surface area (Å²) < 4.78 is 0. The molecule has 0 aliphatic rings. The van der Waals surface area contributed by atoms with Crippen molar-refractivity contribution in [3.05, 3.63) is 29.0 Å². The van der Waals surface area contributed by atoms with Gasteiger partial charge >= 0.3 is 0 Å². The van der Waals surface area contributed by atoms with E-state index in [0.717, 1.165) is 17.1 Å². The van der Waals surface area contributed by atoms with Gasteiger partial charge in [0, 0.05) is 29.6 Å². The minimum absolute atomic E-state index is 0.244. The molecule has 0 radical (unpaired) electrons. The average Bonchev–Trinajstić information content (AvgIpc) is 2.26. The molecule has 0 aliphatic heterocycles. The van der Waals surface area contributed by atoms with Gasteiger partial charge in [0.1, 0.15) is 5.15 Å². The first-order chi connectivity index (χ1) is 7.65. The normalized spacial score (nSPS) is 14.8. The van der Waals surface area contributed by atoms with Crippen molar-refractivity contribution in [2.75, 3.05) is 11.5 Å². The molecule has 0 saturated heterocycles. The van der Waals surface area contributed by atoms with Crippen LogP contribution in [0, 0.1) is 0 Å². The van der Waals surface area contributed by atoms with E-state index in [9.17, 15) is 0 Å².